The van der Waals surface area contributed by atoms with Crippen molar-refractivity contribution >= 4 is 10.9 Å². The van der Waals surface area contributed by atoms with Crippen molar-refractivity contribution in [3.8, 4) is 5.75 Å². The van der Waals surface area contributed by atoms with E-state index in [1.165, 1.54) is 10.9 Å². The second-order valence-corrected chi connectivity index (χ2v) is 4.46. The van der Waals surface area contributed by atoms with Gasteiger partial charge in [0.1, 0.15) is 5.75 Å². The van der Waals surface area contributed by atoms with Crippen LogP contribution in [0.1, 0.15) is 18.1 Å². The van der Waals surface area contributed by atoms with Crippen LogP contribution >= 0.6 is 0 Å². The van der Waals surface area contributed by atoms with Gasteiger partial charge in [0.25, 0.3) is 0 Å². The Morgan fingerprint density at radius 3 is 3.12 bits per heavy atom. The molecule has 1 aliphatic rings. The first kappa shape index (κ1) is 9.73. The molecule has 1 aromatic carbocycles. The highest BCUT2D eigenvalue weighted by Crippen LogP contribution is 2.34. The van der Waals surface area contributed by atoms with E-state index < -0.39 is 0 Å². The molecule has 1 aliphatic carbocycles. The first-order valence-electron chi connectivity index (χ1n) is 5.83. The normalized spacial score (nSPS) is 19.2. The van der Waals surface area contributed by atoms with Crippen LogP contribution in [0.3, 0.4) is 0 Å². The molecule has 1 unspecified atom stereocenters. The van der Waals surface area contributed by atoms with Gasteiger partial charge in [-0.1, -0.05) is 6.92 Å². The predicted octanol–water partition coefficient (Wildman–Crippen LogP) is 1.95. The molecule has 0 bridgehead atoms. The van der Waals surface area contributed by atoms with E-state index in [1.54, 1.807) is 6.07 Å². The average Bonchev–Trinajstić information content (AvgIpc) is 2.68. The van der Waals surface area contributed by atoms with Gasteiger partial charge in [0, 0.05) is 28.7 Å². The lowest BCUT2D eigenvalue weighted by Gasteiger charge is -2.23. The zero-order valence-electron chi connectivity index (χ0n) is 9.38. The Bertz CT molecular complexity index is 530. The molecule has 3 heteroatoms. The Labute approximate surface area is 94.5 Å². The SMILES string of the molecule is CCNC1Cc2c[nH]c3ccc(O)c(c23)C1. The molecule has 16 heavy (non-hydrogen) atoms. The smallest absolute Gasteiger partial charge is 0.119 e. The molecule has 2 aromatic rings. The standard InChI is InChI=1S/C13H16N2O/c1-2-14-9-5-8-7-15-11-3-4-12(16)10(6-9)13(8)11/h3-4,7,9,14-16H,2,5-6H2,1H3. The van der Waals surface area contributed by atoms with Crippen LogP contribution in [0.15, 0.2) is 18.3 Å². The number of H-pyrrole nitrogens is 1. The first-order valence-corrected chi connectivity index (χ1v) is 5.83. The van der Waals surface area contributed by atoms with Crippen molar-refractivity contribution in [1.29, 1.82) is 0 Å². The molecule has 3 rings (SSSR count). The minimum atomic E-state index is 0.427. The van der Waals surface area contributed by atoms with Crippen molar-refractivity contribution in [3.05, 3.63) is 29.5 Å². The van der Waals surface area contributed by atoms with E-state index in [4.69, 9.17) is 0 Å². The Hall–Kier alpha value is -1.48. The summed E-state index contributed by atoms with van der Waals surface area (Å²) in [6.45, 7) is 3.09. The Kier molecular flexibility index (Phi) is 2.14. The number of likely N-dealkylation sites (N-methyl/N-ethyl adjacent to an activating group) is 1. The van der Waals surface area contributed by atoms with Crippen molar-refractivity contribution in [2.45, 2.75) is 25.8 Å². The summed E-state index contributed by atoms with van der Waals surface area (Å²) in [5.74, 6) is 0.427. The maximum atomic E-state index is 9.93. The zero-order chi connectivity index (χ0) is 11.1. The summed E-state index contributed by atoms with van der Waals surface area (Å²) in [6, 6.07) is 4.18. The molecule has 1 heterocycles. The van der Waals surface area contributed by atoms with E-state index in [9.17, 15) is 5.11 Å². The summed E-state index contributed by atoms with van der Waals surface area (Å²) in [4.78, 5) is 3.27. The Morgan fingerprint density at radius 1 is 1.44 bits per heavy atom. The summed E-state index contributed by atoms with van der Waals surface area (Å²) < 4.78 is 0. The van der Waals surface area contributed by atoms with Crippen LogP contribution < -0.4 is 5.32 Å². The van der Waals surface area contributed by atoms with Crippen LogP contribution in [0.5, 0.6) is 5.75 Å². The molecule has 3 N–H and O–H groups in total. The second kappa shape index (κ2) is 3.52. The molecular weight excluding hydrogens is 200 g/mol. The van der Waals surface area contributed by atoms with Gasteiger partial charge >= 0.3 is 0 Å². The van der Waals surface area contributed by atoms with Gasteiger partial charge in [0.15, 0.2) is 0 Å². The fourth-order valence-electron chi connectivity index (χ4n) is 2.75. The average molecular weight is 216 g/mol. The molecule has 3 nitrogen and oxygen atoms in total. The minimum absolute atomic E-state index is 0.427. The molecule has 0 saturated carbocycles. The number of rotatable bonds is 2. The third-order valence-electron chi connectivity index (χ3n) is 3.42. The van der Waals surface area contributed by atoms with Crippen LogP contribution in [0.25, 0.3) is 10.9 Å². The second-order valence-electron chi connectivity index (χ2n) is 4.46. The lowest BCUT2D eigenvalue weighted by molar-refractivity contribution is 0.454. The third kappa shape index (κ3) is 1.32. The van der Waals surface area contributed by atoms with Crippen LogP contribution in [-0.4, -0.2) is 22.7 Å². The highest BCUT2D eigenvalue weighted by atomic mass is 16.3. The van der Waals surface area contributed by atoms with Gasteiger partial charge in [0.2, 0.25) is 0 Å². The maximum Gasteiger partial charge on any atom is 0.119 e. The Morgan fingerprint density at radius 2 is 2.31 bits per heavy atom. The monoisotopic (exact) mass is 216 g/mol. The maximum absolute atomic E-state index is 9.93. The fourth-order valence-corrected chi connectivity index (χ4v) is 2.75. The Balaban J connectivity index is 2.14. The van der Waals surface area contributed by atoms with E-state index >= 15 is 0 Å². The van der Waals surface area contributed by atoms with E-state index in [1.807, 2.05) is 6.07 Å². The molecule has 0 aliphatic heterocycles. The van der Waals surface area contributed by atoms with Crippen molar-refractivity contribution < 1.29 is 5.11 Å². The third-order valence-corrected chi connectivity index (χ3v) is 3.42. The lowest BCUT2D eigenvalue weighted by atomic mass is 9.89. The van der Waals surface area contributed by atoms with E-state index in [0.717, 1.165) is 30.5 Å². The molecule has 0 radical (unpaired) electrons. The number of aromatic hydroxyl groups is 1. The lowest BCUT2D eigenvalue weighted by Crippen LogP contribution is -2.34. The number of hydrogen-bond donors (Lipinski definition) is 3. The molecule has 1 atom stereocenters. The zero-order valence-corrected chi connectivity index (χ0v) is 9.38. The molecule has 0 saturated heterocycles. The summed E-state index contributed by atoms with van der Waals surface area (Å²) in [7, 11) is 0. The van der Waals surface area contributed by atoms with E-state index in [2.05, 4.69) is 23.4 Å². The number of phenols is 1. The molecule has 0 fully saturated rings. The number of aromatic nitrogens is 1. The number of benzene rings is 1. The van der Waals surface area contributed by atoms with Gasteiger partial charge in [-0.2, -0.15) is 0 Å². The van der Waals surface area contributed by atoms with Crippen molar-refractivity contribution in [2.24, 2.45) is 0 Å². The van der Waals surface area contributed by atoms with Crippen LogP contribution in [0, 0.1) is 0 Å². The van der Waals surface area contributed by atoms with Gasteiger partial charge < -0.3 is 15.4 Å². The first-order chi connectivity index (χ1) is 7.79. The van der Waals surface area contributed by atoms with Crippen LogP contribution in [-0.2, 0) is 12.8 Å². The van der Waals surface area contributed by atoms with Crippen molar-refractivity contribution in [2.75, 3.05) is 6.54 Å². The van der Waals surface area contributed by atoms with Crippen LogP contribution in [0.4, 0.5) is 0 Å². The summed E-state index contributed by atoms with van der Waals surface area (Å²) >= 11 is 0. The van der Waals surface area contributed by atoms with Crippen molar-refractivity contribution in [1.82, 2.24) is 10.3 Å². The van der Waals surface area contributed by atoms with Gasteiger partial charge in [-0.25, -0.2) is 0 Å². The molecule has 0 spiro atoms. The fraction of sp³-hybridized carbons (Fsp3) is 0.385. The molecule has 1 aromatic heterocycles. The summed E-state index contributed by atoms with van der Waals surface area (Å²) in [6.07, 6.45) is 4.03. The van der Waals surface area contributed by atoms with Gasteiger partial charge in [-0.3, -0.25) is 0 Å². The van der Waals surface area contributed by atoms with Crippen molar-refractivity contribution in [3.63, 3.8) is 0 Å². The minimum Gasteiger partial charge on any atom is -0.508 e. The number of hydrogen-bond acceptors (Lipinski definition) is 2. The number of nitrogens with one attached hydrogen (secondary N) is 2. The largest absolute Gasteiger partial charge is 0.508 e. The highest BCUT2D eigenvalue weighted by Gasteiger charge is 2.23. The van der Waals surface area contributed by atoms with Gasteiger partial charge in [0.05, 0.1) is 0 Å². The topological polar surface area (TPSA) is 48.0 Å². The molecular formula is C13H16N2O. The van der Waals surface area contributed by atoms with Gasteiger partial charge in [-0.15, -0.1) is 0 Å². The molecule has 0 amide bonds. The number of aromatic amines is 1. The van der Waals surface area contributed by atoms with E-state index in [-0.39, 0.29) is 0 Å². The quantitative estimate of drug-likeness (QED) is 0.718. The summed E-state index contributed by atoms with van der Waals surface area (Å²) in [5.41, 5.74) is 3.54. The van der Waals surface area contributed by atoms with Gasteiger partial charge in [-0.05, 0) is 37.1 Å². The highest BCUT2D eigenvalue weighted by molar-refractivity contribution is 5.89. The molecule has 84 valence electrons. The summed E-state index contributed by atoms with van der Waals surface area (Å²) in [5, 5.41) is 14.6. The predicted molar refractivity (Wildman–Crippen MR) is 64.8 cm³/mol. The van der Waals surface area contributed by atoms with E-state index in [0.29, 0.717) is 11.8 Å². The number of phenolic OH excluding ortho intramolecular Hbond substituents is 1. The van der Waals surface area contributed by atoms with Crippen LogP contribution in [0.2, 0.25) is 0 Å².